The smallest absolute Gasteiger partial charge is 0.338 e. The summed E-state index contributed by atoms with van der Waals surface area (Å²) in [5, 5.41) is 2.02. The van der Waals surface area contributed by atoms with Crippen molar-refractivity contribution in [3.63, 3.8) is 0 Å². The molecule has 38 heavy (non-hydrogen) atoms. The Hall–Kier alpha value is -4.17. The van der Waals surface area contributed by atoms with Crippen LogP contribution >= 0.6 is 11.3 Å². The van der Waals surface area contributed by atoms with Gasteiger partial charge in [-0.3, -0.25) is 9.36 Å². The fraction of sp³-hybridized carbons (Fsp3) is 0.233. The summed E-state index contributed by atoms with van der Waals surface area (Å²) in [7, 11) is 1.57. The van der Waals surface area contributed by atoms with E-state index >= 15 is 0 Å². The van der Waals surface area contributed by atoms with Crippen molar-refractivity contribution < 1.29 is 19.0 Å². The Bertz CT molecular complexity index is 1750. The third kappa shape index (κ3) is 4.41. The first-order valence-electron chi connectivity index (χ1n) is 12.5. The van der Waals surface area contributed by atoms with Gasteiger partial charge in [0.2, 0.25) is 0 Å². The third-order valence-electron chi connectivity index (χ3n) is 6.46. The number of carbonyl (C=O) groups excluding carboxylic acids is 1. The summed E-state index contributed by atoms with van der Waals surface area (Å²) in [6.45, 7) is 6.15. The summed E-state index contributed by atoms with van der Waals surface area (Å²) in [5.74, 6) is 0.754. The number of hydrogen-bond donors (Lipinski definition) is 0. The van der Waals surface area contributed by atoms with Crippen LogP contribution in [0.3, 0.4) is 0 Å². The van der Waals surface area contributed by atoms with Gasteiger partial charge in [-0.2, -0.15) is 0 Å². The highest BCUT2D eigenvalue weighted by atomic mass is 32.1. The van der Waals surface area contributed by atoms with Crippen molar-refractivity contribution in [3.05, 3.63) is 103 Å². The number of aromatic nitrogens is 1. The molecule has 1 aliphatic rings. The molecule has 0 bridgehead atoms. The second kappa shape index (κ2) is 10.7. The molecule has 0 spiro atoms. The maximum absolute atomic E-state index is 14.1. The minimum absolute atomic E-state index is 0.208. The summed E-state index contributed by atoms with van der Waals surface area (Å²) in [6, 6.07) is 18.6. The Morgan fingerprint density at radius 1 is 1.03 bits per heavy atom. The average Bonchev–Trinajstić information content (AvgIpc) is 3.23. The summed E-state index contributed by atoms with van der Waals surface area (Å²) >= 11 is 1.28. The van der Waals surface area contributed by atoms with Crippen molar-refractivity contribution in [1.82, 2.24) is 4.57 Å². The van der Waals surface area contributed by atoms with Crippen LogP contribution in [0.5, 0.6) is 11.5 Å². The van der Waals surface area contributed by atoms with Crippen LogP contribution in [0.25, 0.3) is 16.8 Å². The van der Waals surface area contributed by atoms with Crippen LogP contribution in [0.2, 0.25) is 0 Å². The SMILES string of the molecule is CCOC(=O)C1=C(C)N=c2s/c(=C\c3c(OCC)ccc4ccccc34)c(=O)n2[C@H]1c1ccccc1OC. The molecule has 0 radical (unpaired) electrons. The lowest BCUT2D eigenvalue weighted by molar-refractivity contribution is -0.139. The van der Waals surface area contributed by atoms with Crippen molar-refractivity contribution in [2.75, 3.05) is 20.3 Å². The number of thiazole rings is 1. The zero-order valence-electron chi connectivity index (χ0n) is 21.7. The highest BCUT2D eigenvalue weighted by molar-refractivity contribution is 7.07. The summed E-state index contributed by atoms with van der Waals surface area (Å²) in [6.07, 6.45) is 1.86. The van der Waals surface area contributed by atoms with Gasteiger partial charge < -0.3 is 14.2 Å². The molecule has 8 heteroatoms. The molecule has 0 saturated heterocycles. The molecule has 5 rings (SSSR count). The van der Waals surface area contributed by atoms with E-state index in [0.29, 0.717) is 44.3 Å². The first kappa shape index (κ1) is 25.5. The molecule has 1 aromatic heterocycles. The zero-order chi connectivity index (χ0) is 26.8. The number of benzene rings is 3. The quantitative estimate of drug-likeness (QED) is 0.333. The van der Waals surface area contributed by atoms with Crippen LogP contribution in [0.15, 0.2) is 81.7 Å². The van der Waals surface area contributed by atoms with E-state index < -0.39 is 12.0 Å². The Balaban J connectivity index is 1.80. The largest absolute Gasteiger partial charge is 0.496 e. The summed E-state index contributed by atoms with van der Waals surface area (Å²) in [5.41, 5.74) is 2.07. The van der Waals surface area contributed by atoms with E-state index in [2.05, 4.69) is 4.99 Å². The lowest BCUT2D eigenvalue weighted by Crippen LogP contribution is -2.40. The molecule has 3 aromatic carbocycles. The zero-order valence-corrected chi connectivity index (χ0v) is 22.5. The molecular formula is C30H28N2O5S. The van der Waals surface area contributed by atoms with Crippen LogP contribution in [0, 0.1) is 0 Å². The van der Waals surface area contributed by atoms with E-state index in [9.17, 15) is 9.59 Å². The molecule has 2 heterocycles. The number of fused-ring (bicyclic) bond motifs is 2. The molecule has 0 aliphatic carbocycles. The molecule has 0 N–H and O–H groups in total. The Morgan fingerprint density at radius 3 is 2.55 bits per heavy atom. The maximum Gasteiger partial charge on any atom is 0.338 e. The number of carbonyl (C=O) groups is 1. The van der Waals surface area contributed by atoms with Crippen LogP contribution < -0.4 is 24.4 Å². The maximum atomic E-state index is 14.1. The third-order valence-corrected chi connectivity index (χ3v) is 7.44. The fourth-order valence-electron chi connectivity index (χ4n) is 4.82. The van der Waals surface area contributed by atoms with Gasteiger partial charge in [-0.15, -0.1) is 0 Å². The van der Waals surface area contributed by atoms with Crippen LogP contribution in [-0.4, -0.2) is 30.9 Å². The highest BCUT2D eigenvalue weighted by Crippen LogP contribution is 2.36. The van der Waals surface area contributed by atoms with Crippen molar-refractivity contribution in [1.29, 1.82) is 0 Å². The lowest BCUT2D eigenvalue weighted by atomic mass is 9.95. The molecule has 0 fully saturated rings. The lowest BCUT2D eigenvalue weighted by Gasteiger charge is -2.25. The normalized spacial score (nSPS) is 15.3. The Morgan fingerprint density at radius 2 is 1.79 bits per heavy atom. The van der Waals surface area contributed by atoms with Gasteiger partial charge >= 0.3 is 5.97 Å². The topological polar surface area (TPSA) is 79.1 Å². The van der Waals surface area contributed by atoms with E-state index in [-0.39, 0.29) is 12.2 Å². The van der Waals surface area contributed by atoms with Gasteiger partial charge in [0.05, 0.1) is 36.1 Å². The first-order chi connectivity index (χ1) is 18.5. The minimum Gasteiger partial charge on any atom is -0.496 e. The number of methoxy groups -OCH3 is 1. The van der Waals surface area contributed by atoms with Gasteiger partial charge in [-0.05, 0) is 49.8 Å². The van der Waals surface area contributed by atoms with E-state index in [4.69, 9.17) is 14.2 Å². The van der Waals surface area contributed by atoms with Crippen molar-refractivity contribution >= 4 is 34.2 Å². The van der Waals surface area contributed by atoms with Crippen molar-refractivity contribution in [2.45, 2.75) is 26.8 Å². The highest BCUT2D eigenvalue weighted by Gasteiger charge is 2.35. The minimum atomic E-state index is -0.748. The second-order valence-corrected chi connectivity index (χ2v) is 9.68. The molecule has 0 unspecified atom stereocenters. The van der Waals surface area contributed by atoms with Crippen molar-refractivity contribution in [2.24, 2.45) is 4.99 Å². The number of allylic oxidation sites excluding steroid dienone is 1. The van der Waals surface area contributed by atoms with E-state index in [0.717, 1.165) is 16.3 Å². The van der Waals surface area contributed by atoms with Gasteiger partial charge in [0, 0.05) is 11.1 Å². The average molecular weight is 529 g/mol. The number of rotatable bonds is 7. The van der Waals surface area contributed by atoms with Crippen molar-refractivity contribution in [3.8, 4) is 11.5 Å². The van der Waals surface area contributed by atoms with Gasteiger partial charge in [0.1, 0.15) is 17.5 Å². The van der Waals surface area contributed by atoms with Gasteiger partial charge in [0.15, 0.2) is 4.80 Å². The molecule has 1 aliphatic heterocycles. The second-order valence-electron chi connectivity index (χ2n) is 8.68. The molecule has 7 nitrogen and oxygen atoms in total. The number of esters is 1. The first-order valence-corrected chi connectivity index (χ1v) is 13.3. The molecule has 0 amide bonds. The number of hydrogen-bond acceptors (Lipinski definition) is 7. The summed E-state index contributed by atoms with van der Waals surface area (Å²) < 4.78 is 19.0. The standard InChI is InChI=1S/C30H28N2O5S/c1-5-36-24-16-15-19-11-7-8-12-20(19)22(24)17-25-28(33)32-27(21-13-9-10-14-23(21)35-4)26(29(34)37-6-2)18(3)31-30(32)38-25/h7-17,27H,5-6H2,1-4H3/b25-17-/t27-/m0/s1. The van der Waals surface area contributed by atoms with E-state index in [1.54, 1.807) is 25.5 Å². The van der Waals surface area contributed by atoms with E-state index in [1.807, 2.05) is 73.7 Å². The Labute approximate surface area is 223 Å². The summed E-state index contributed by atoms with van der Waals surface area (Å²) in [4.78, 5) is 32.4. The van der Waals surface area contributed by atoms with Gasteiger partial charge in [-0.25, -0.2) is 9.79 Å². The molecular weight excluding hydrogens is 500 g/mol. The monoisotopic (exact) mass is 528 g/mol. The van der Waals surface area contributed by atoms with Crippen LogP contribution in [0.4, 0.5) is 0 Å². The fourth-order valence-corrected chi connectivity index (χ4v) is 5.84. The van der Waals surface area contributed by atoms with E-state index in [1.165, 1.54) is 11.3 Å². The molecule has 194 valence electrons. The van der Waals surface area contributed by atoms with Gasteiger partial charge in [-0.1, -0.05) is 59.9 Å². The predicted octanol–water partition coefficient (Wildman–Crippen LogP) is 4.36. The molecule has 0 saturated carbocycles. The Kier molecular flexibility index (Phi) is 7.15. The predicted molar refractivity (Wildman–Crippen MR) is 149 cm³/mol. The van der Waals surface area contributed by atoms with Gasteiger partial charge in [0.25, 0.3) is 5.56 Å². The van der Waals surface area contributed by atoms with Crippen LogP contribution in [0.1, 0.15) is 37.9 Å². The number of ether oxygens (including phenoxy) is 3. The molecule has 1 atom stereocenters. The molecule has 4 aromatic rings. The van der Waals surface area contributed by atoms with Crippen LogP contribution in [-0.2, 0) is 9.53 Å². The number of nitrogens with zero attached hydrogens (tertiary/aromatic N) is 2. The number of para-hydroxylation sites is 1.